The van der Waals surface area contributed by atoms with Gasteiger partial charge in [0, 0.05) is 17.0 Å². The van der Waals surface area contributed by atoms with Crippen LogP contribution in [-0.4, -0.2) is 16.0 Å². The highest BCUT2D eigenvalue weighted by Gasteiger charge is 2.14. The van der Waals surface area contributed by atoms with Gasteiger partial charge in [-0.25, -0.2) is 15.8 Å². The molecule has 102 valence electrons. The zero-order valence-corrected chi connectivity index (χ0v) is 12.2. The van der Waals surface area contributed by atoms with Crippen molar-refractivity contribution in [2.75, 3.05) is 10.3 Å². The first-order chi connectivity index (χ1) is 9.10. The van der Waals surface area contributed by atoms with E-state index in [2.05, 4.69) is 51.7 Å². The summed E-state index contributed by atoms with van der Waals surface area (Å²) in [6.45, 7) is 7.02. The highest BCUT2D eigenvalue weighted by Crippen LogP contribution is 2.22. The molecule has 0 amide bonds. The fourth-order valence-electron chi connectivity index (χ4n) is 1.87. The standard InChI is InChI=1S/C13H19N5S/c1-9(2)18(8-11-5-4-6-19-11)13-7-12(17-14)15-10(3)16-13/h4-7,9H,8,14H2,1-3H3,(H,15,16,17). The maximum atomic E-state index is 5.44. The number of thiophene rings is 1. The average molecular weight is 277 g/mol. The molecule has 0 aliphatic carbocycles. The number of nitrogens with one attached hydrogen (secondary N) is 1. The number of nitrogens with two attached hydrogens (primary N) is 1. The number of hydrogen-bond donors (Lipinski definition) is 2. The lowest BCUT2D eigenvalue weighted by Crippen LogP contribution is -2.31. The Morgan fingerprint density at radius 2 is 2.21 bits per heavy atom. The minimum absolute atomic E-state index is 0.349. The van der Waals surface area contributed by atoms with Crippen LogP contribution < -0.4 is 16.2 Å². The monoisotopic (exact) mass is 277 g/mol. The maximum absolute atomic E-state index is 5.44. The molecule has 0 aromatic carbocycles. The largest absolute Gasteiger partial charge is 0.349 e. The van der Waals surface area contributed by atoms with E-state index in [1.54, 1.807) is 11.3 Å². The highest BCUT2D eigenvalue weighted by atomic mass is 32.1. The van der Waals surface area contributed by atoms with Gasteiger partial charge in [-0.15, -0.1) is 11.3 Å². The van der Waals surface area contributed by atoms with Gasteiger partial charge in [0.25, 0.3) is 0 Å². The second kappa shape index (κ2) is 5.99. The molecular weight excluding hydrogens is 258 g/mol. The van der Waals surface area contributed by atoms with Crippen LogP contribution in [0.15, 0.2) is 23.6 Å². The minimum atomic E-state index is 0.349. The van der Waals surface area contributed by atoms with E-state index >= 15 is 0 Å². The Kier molecular flexibility index (Phi) is 4.34. The highest BCUT2D eigenvalue weighted by molar-refractivity contribution is 7.09. The third-order valence-corrected chi connectivity index (χ3v) is 3.66. The van der Waals surface area contributed by atoms with E-state index in [1.807, 2.05) is 13.0 Å². The van der Waals surface area contributed by atoms with E-state index in [4.69, 9.17) is 5.84 Å². The third kappa shape index (κ3) is 3.42. The fraction of sp³-hybridized carbons (Fsp3) is 0.385. The number of hydrogen-bond acceptors (Lipinski definition) is 6. The zero-order chi connectivity index (χ0) is 13.8. The molecule has 0 saturated carbocycles. The second-order valence-electron chi connectivity index (χ2n) is 4.60. The molecular formula is C13H19N5S. The van der Waals surface area contributed by atoms with Crippen LogP contribution in [0.4, 0.5) is 11.6 Å². The predicted molar refractivity (Wildman–Crippen MR) is 80.2 cm³/mol. The van der Waals surface area contributed by atoms with Crippen molar-refractivity contribution in [1.82, 2.24) is 9.97 Å². The molecule has 2 aromatic rings. The second-order valence-corrected chi connectivity index (χ2v) is 5.64. The van der Waals surface area contributed by atoms with Gasteiger partial charge in [0.15, 0.2) is 0 Å². The van der Waals surface area contributed by atoms with E-state index in [0.717, 1.165) is 12.4 Å². The zero-order valence-electron chi connectivity index (χ0n) is 11.4. The van der Waals surface area contributed by atoms with E-state index in [-0.39, 0.29) is 0 Å². The molecule has 2 heterocycles. The number of hydrazine groups is 1. The van der Waals surface area contributed by atoms with Crippen molar-refractivity contribution in [3.63, 3.8) is 0 Å². The quantitative estimate of drug-likeness (QED) is 0.649. The topological polar surface area (TPSA) is 67.1 Å². The Morgan fingerprint density at radius 1 is 1.42 bits per heavy atom. The van der Waals surface area contributed by atoms with Crippen molar-refractivity contribution >= 4 is 23.0 Å². The summed E-state index contributed by atoms with van der Waals surface area (Å²) >= 11 is 1.75. The smallest absolute Gasteiger partial charge is 0.145 e. The van der Waals surface area contributed by atoms with Crippen molar-refractivity contribution in [3.05, 3.63) is 34.3 Å². The van der Waals surface area contributed by atoms with E-state index < -0.39 is 0 Å². The van der Waals surface area contributed by atoms with Gasteiger partial charge in [0.05, 0.1) is 6.54 Å². The van der Waals surface area contributed by atoms with Gasteiger partial charge in [-0.1, -0.05) is 6.07 Å². The van der Waals surface area contributed by atoms with Crippen molar-refractivity contribution in [2.24, 2.45) is 5.84 Å². The maximum Gasteiger partial charge on any atom is 0.145 e. The average Bonchev–Trinajstić information content (AvgIpc) is 2.87. The lowest BCUT2D eigenvalue weighted by atomic mass is 10.3. The molecule has 0 radical (unpaired) electrons. The van der Waals surface area contributed by atoms with Crippen molar-refractivity contribution in [3.8, 4) is 0 Å². The van der Waals surface area contributed by atoms with Gasteiger partial charge in [-0.05, 0) is 32.2 Å². The Morgan fingerprint density at radius 3 is 2.79 bits per heavy atom. The van der Waals surface area contributed by atoms with Crippen molar-refractivity contribution < 1.29 is 0 Å². The molecule has 0 unspecified atom stereocenters. The molecule has 19 heavy (non-hydrogen) atoms. The SMILES string of the molecule is Cc1nc(NN)cc(N(Cc2cccs2)C(C)C)n1. The van der Waals surface area contributed by atoms with Crippen LogP contribution >= 0.6 is 11.3 Å². The number of nitrogen functional groups attached to an aromatic ring is 1. The molecule has 0 aliphatic heterocycles. The molecule has 0 atom stereocenters. The van der Waals surface area contributed by atoms with Crippen LogP contribution in [0.3, 0.4) is 0 Å². The third-order valence-electron chi connectivity index (χ3n) is 2.80. The summed E-state index contributed by atoms with van der Waals surface area (Å²) in [5, 5.41) is 2.09. The predicted octanol–water partition coefficient (Wildman–Crippen LogP) is 2.55. The van der Waals surface area contributed by atoms with Gasteiger partial charge >= 0.3 is 0 Å². The summed E-state index contributed by atoms with van der Waals surface area (Å²) in [7, 11) is 0. The summed E-state index contributed by atoms with van der Waals surface area (Å²) in [6.07, 6.45) is 0. The number of anilines is 2. The van der Waals surface area contributed by atoms with E-state index in [1.165, 1.54) is 4.88 Å². The van der Waals surface area contributed by atoms with Gasteiger partial charge in [0.1, 0.15) is 17.5 Å². The van der Waals surface area contributed by atoms with Crippen molar-refractivity contribution in [2.45, 2.75) is 33.4 Å². The lowest BCUT2D eigenvalue weighted by Gasteiger charge is -2.27. The molecule has 5 nitrogen and oxygen atoms in total. The summed E-state index contributed by atoms with van der Waals surface area (Å²) in [4.78, 5) is 12.3. The van der Waals surface area contributed by atoms with Gasteiger partial charge < -0.3 is 10.3 Å². The Balaban J connectivity index is 2.30. The summed E-state index contributed by atoms with van der Waals surface area (Å²) < 4.78 is 0. The molecule has 0 bridgehead atoms. The van der Waals surface area contributed by atoms with E-state index in [0.29, 0.717) is 17.7 Å². The van der Waals surface area contributed by atoms with Crippen molar-refractivity contribution in [1.29, 1.82) is 0 Å². The molecule has 0 saturated heterocycles. The van der Waals surface area contributed by atoms with Crippen LogP contribution in [0.2, 0.25) is 0 Å². The summed E-state index contributed by atoms with van der Waals surface area (Å²) in [5.74, 6) is 7.68. The van der Waals surface area contributed by atoms with Crippen LogP contribution in [0, 0.1) is 6.92 Å². The molecule has 2 aromatic heterocycles. The molecule has 0 fully saturated rings. The lowest BCUT2D eigenvalue weighted by molar-refractivity contribution is 0.674. The summed E-state index contributed by atoms with van der Waals surface area (Å²) in [5.41, 5.74) is 2.59. The van der Waals surface area contributed by atoms with Crippen LogP contribution in [-0.2, 0) is 6.54 Å². The molecule has 3 N–H and O–H groups in total. The van der Waals surface area contributed by atoms with Gasteiger partial charge in [-0.3, -0.25) is 0 Å². The number of aryl methyl sites for hydroxylation is 1. The number of rotatable bonds is 5. The van der Waals surface area contributed by atoms with Gasteiger partial charge in [-0.2, -0.15) is 0 Å². The van der Waals surface area contributed by atoms with E-state index in [9.17, 15) is 0 Å². The first-order valence-corrected chi connectivity index (χ1v) is 7.09. The Hall–Kier alpha value is -1.66. The molecule has 0 spiro atoms. The Labute approximate surface area is 117 Å². The minimum Gasteiger partial charge on any atom is -0.349 e. The number of aromatic nitrogens is 2. The van der Waals surface area contributed by atoms with Crippen LogP contribution in [0.1, 0.15) is 24.5 Å². The van der Waals surface area contributed by atoms with Crippen LogP contribution in [0.25, 0.3) is 0 Å². The van der Waals surface area contributed by atoms with Crippen LogP contribution in [0.5, 0.6) is 0 Å². The molecule has 0 aliphatic rings. The number of nitrogens with zero attached hydrogens (tertiary/aromatic N) is 3. The van der Waals surface area contributed by atoms with Gasteiger partial charge in [0.2, 0.25) is 0 Å². The normalized spacial score (nSPS) is 10.8. The molecule has 2 rings (SSSR count). The first-order valence-electron chi connectivity index (χ1n) is 6.21. The molecule has 6 heteroatoms. The fourth-order valence-corrected chi connectivity index (χ4v) is 2.57. The summed E-state index contributed by atoms with van der Waals surface area (Å²) in [6, 6.07) is 6.43. The Bertz CT molecular complexity index is 524. The first kappa shape index (κ1) is 13.8.